The Labute approximate surface area is 169 Å². The maximum absolute atomic E-state index is 13.4. The quantitative estimate of drug-likeness (QED) is 0.576. The van der Waals surface area contributed by atoms with Crippen LogP contribution in [0.1, 0.15) is 37.0 Å². The summed E-state index contributed by atoms with van der Waals surface area (Å²) >= 11 is 0. The van der Waals surface area contributed by atoms with Crippen molar-refractivity contribution < 1.29 is 18.3 Å². The number of benzene rings is 2. The maximum atomic E-state index is 13.4. The second-order valence-electron chi connectivity index (χ2n) is 7.73. The summed E-state index contributed by atoms with van der Waals surface area (Å²) in [6.45, 7) is 4.81. The molecule has 1 heterocycles. The van der Waals surface area contributed by atoms with E-state index in [0.29, 0.717) is 39.5 Å². The molecule has 1 saturated carbocycles. The fourth-order valence-corrected chi connectivity index (χ4v) is 3.34. The summed E-state index contributed by atoms with van der Waals surface area (Å²) in [6.07, 6.45) is 2.47. The van der Waals surface area contributed by atoms with Crippen LogP contribution in [-0.4, -0.2) is 25.6 Å². The summed E-state index contributed by atoms with van der Waals surface area (Å²) in [6, 6.07) is 9.66. The van der Waals surface area contributed by atoms with Crippen molar-refractivity contribution in [1.82, 2.24) is 5.32 Å². The number of nitrogens with one attached hydrogen (secondary N) is 2. The number of carbonyl (C=O) groups is 1. The number of rotatable bonds is 7. The molecule has 6 heteroatoms. The zero-order valence-electron chi connectivity index (χ0n) is 16.8. The normalized spacial score (nSPS) is 13.7. The summed E-state index contributed by atoms with van der Waals surface area (Å²) in [7, 11) is 1.58. The van der Waals surface area contributed by atoms with Gasteiger partial charge in [-0.25, -0.2) is 4.39 Å². The van der Waals surface area contributed by atoms with Gasteiger partial charge in [-0.1, -0.05) is 0 Å². The third kappa shape index (κ3) is 4.06. The van der Waals surface area contributed by atoms with Crippen molar-refractivity contribution in [3.63, 3.8) is 0 Å². The zero-order valence-corrected chi connectivity index (χ0v) is 16.8. The number of halogens is 1. The number of hydrogen-bond donors (Lipinski definition) is 2. The van der Waals surface area contributed by atoms with E-state index < -0.39 is 0 Å². The highest BCUT2D eigenvalue weighted by molar-refractivity contribution is 6.12. The minimum Gasteiger partial charge on any atom is -0.489 e. The summed E-state index contributed by atoms with van der Waals surface area (Å²) in [4.78, 5) is 12.7. The van der Waals surface area contributed by atoms with Gasteiger partial charge < -0.3 is 19.8 Å². The van der Waals surface area contributed by atoms with E-state index >= 15 is 0 Å². The van der Waals surface area contributed by atoms with E-state index in [2.05, 4.69) is 10.6 Å². The lowest BCUT2D eigenvalue weighted by Crippen LogP contribution is -2.18. The number of hydrogen-bond acceptors (Lipinski definition) is 4. The Morgan fingerprint density at radius 3 is 2.59 bits per heavy atom. The molecule has 0 aliphatic heterocycles. The molecule has 5 nitrogen and oxygen atoms in total. The van der Waals surface area contributed by atoms with Crippen LogP contribution in [0.2, 0.25) is 0 Å². The van der Waals surface area contributed by atoms with E-state index in [9.17, 15) is 9.18 Å². The lowest BCUT2D eigenvalue weighted by molar-refractivity contribution is 0.0964. The molecule has 2 aromatic carbocycles. The molecule has 4 rings (SSSR count). The predicted molar refractivity (Wildman–Crippen MR) is 112 cm³/mol. The van der Waals surface area contributed by atoms with Gasteiger partial charge in [-0.15, -0.1) is 0 Å². The van der Waals surface area contributed by atoms with Gasteiger partial charge in [0.25, 0.3) is 5.91 Å². The van der Waals surface area contributed by atoms with Gasteiger partial charge in [0.2, 0.25) is 0 Å². The molecule has 1 fully saturated rings. The van der Waals surface area contributed by atoms with Crippen LogP contribution in [0.4, 0.5) is 10.1 Å². The Hall–Kier alpha value is -3.02. The Bertz CT molecular complexity index is 1040. The first-order valence-corrected chi connectivity index (χ1v) is 9.95. The number of anilines is 1. The lowest BCUT2D eigenvalue weighted by atomic mass is 10.0. The monoisotopic (exact) mass is 396 g/mol. The molecular weight excluding hydrogens is 371 g/mol. The van der Waals surface area contributed by atoms with Crippen molar-refractivity contribution in [1.29, 1.82) is 0 Å². The number of ether oxygens (including phenoxy) is 1. The van der Waals surface area contributed by atoms with Gasteiger partial charge >= 0.3 is 0 Å². The van der Waals surface area contributed by atoms with E-state index in [0.717, 1.165) is 12.2 Å². The van der Waals surface area contributed by atoms with Gasteiger partial charge in [-0.3, -0.25) is 4.79 Å². The minimum atomic E-state index is -0.342. The Kier molecular flexibility index (Phi) is 5.18. The lowest BCUT2D eigenvalue weighted by Gasteiger charge is -2.16. The molecular formula is C23H25FN2O3. The maximum Gasteiger partial charge on any atom is 0.255 e. The molecule has 0 atom stereocenters. The van der Waals surface area contributed by atoms with Crippen LogP contribution in [-0.2, 0) is 0 Å². The summed E-state index contributed by atoms with van der Waals surface area (Å²) in [5.74, 6) is 1.19. The van der Waals surface area contributed by atoms with Gasteiger partial charge in [-0.2, -0.15) is 0 Å². The average molecular weight is 396 g/mol. The van der Waals surface area contributed by atoms with Crippen LogP contribution in [0.5, 0.6) is 5.75 Å². The zero-order chi connectivity index (χ0) is 20.5. The van der Waals surface area contributed by atoms with Crippen LogP contribution in [0.25, 0.3) is 22.3 Å². The van der Waals surface area contributed by atoms with Gasteiger partial charge in [0.1, 0.15) is 22.9 Å². The molecule has 1 amide bonds. The molecule has 2 N–H and O–H groups in total. The molecule has 0 radical (unpaired) electrons. The molecule has 3 aromatic rings. The first-order chi connectivity index (χ1) is 14.0. The molecule has 0 spiro atoms. The molecule has 29 heavy (non-hydrogen) atoms. The molecule has 1 aliphatic rings. The third-order valence-electron chi connectivity index (χ3n) is 4.99. The topological polar surface area (TPSA) is 63.5 Å². The van der Waals surface area contributed by atoms with Crippen molar-refractivity contribution >= 4 is 22.6 Å². The molecule has 0 unspecified atom stereocenters. The van der Waals surface area contributed by atoms with Crippen molar-refractivity contribution in [2.24, 2.45) is 5.92 Å². The van der Waals surface area contributed by atoms with Crippen LogP contribution in [0, 0.1) is 11.7 Å². The average Bonchev–Trinajstić information content (AvgIpc) is 3.45. The number of carbonyl (C=O) groups excluding carboxylic acids is 1. The van der Waals surface area contributed by atoms with Crippen molar-refractivity contribution in [2.75, 3.05) is 18.9 Å². The predicted octanol–water partition coefficient (Wildman–Crippen LogP) is 5.21. The van der Waals surface area contributed by atoms with E-state index in [1.807, 2.05) is 26.0 Å². The minimum absolute atomic E-state index is 0.0131. The van der Waals surface area contributed by atoms with E-state index in [4.69, 9.17) is 9.15 Å². The fourth-order valence-electron chi connectivity index (χ4n) is 3.34. The van der Waals surface area contributed by atoms with Gasteiger partial charge in [0.05, 0.1) is 17.4 Å². The number of amides is 1. The Balaban J connectivity index is 1.86. The molecule has 1 aromatic heterocycles. The van der Waals surface area contributed by atoms with E-state index in [-0.39, 0.29) is 17.8 Å². The summed E-state index contributed by atoms with van der Waals surface area (Å²) < 4.78 is 25.5. The summed E-state index contributed by atoms with van der Waals surface area (Å²) in [5, 5.41) is 6.79. The largest absolute Gasteiger partial charge is 0.489 e. The van der Waals surface area contributed by atoms with E-state index in [1.165, 1.54) is 25.0 Å². The number of furan rings is 1. The SMILES string of the molecule is CNC(=O)c1c(-c2ccc(F)cc2)oc2cc(NCC3CC3)c(OC(C)C)cc12. The first kappa shape index (κ1) is 19.3. The number of fused-ring (bicyclic) bond motifs is 1. The van der Waals surface area contributed by atoms with Gasteiger partial charge in [-0.05, 0) is 62.9 Å². The first-order valence-electron chi connectivity index (χ1n) is 9.95. The van der Waals surface area contributed by atoms with Crippen molar-refractivity contribution in [3.8, 4) is 17.1 Å². The van der Waals surface area contributed by atoms with E-state index in [1.54, 1.807) is 19.2 Å². The molecule has 1 aliphatic carbocycles. The van der Waals surface area contributed by atoms with Crippen LogP contribution in [0.3, 0.4) is 0 Å². The van der Waals surface area contributed by atoms with Gasteiger partial charge in [0.15, 0.2) is 0 Å². The Morgan fingerprint density at radius 1 is 1.24 bits per heavy atom. The van der Waals surface area contributed by atoms with Crippen LogP contribution < -0.4 is 15.4 Å². The second kappa shape index (κ2) is 7.78. The van der Waals surface area contributed by atoms with Crippen molar-refractivity contribution in [3.05, 3.63) is 47.8 Å². The van der Waals surface area contributed by atoms with Crippen molar-refractivity contribution in [2.45, 2.75) is 32.8 Å². The highest BCUT2D eigenvalue weighted by Crippen LogP contribution is 2.40. The standard InChI is InChI=1S/C23H25FN2O3/c1-13(2)28-20-10-17-19(11-18(20)26-12-14-4-5-14)29-22(21(17)23(27)25-3)15-6-8-16(24)9-7-15/h6-11,13-14,26H,4-5,12H2,1-3H3,(H,25,27). The highest BCUT2D eigenvalue weighted by atomic mass is 19.1. The third-order valence-corrected chi connectivity index (χ3v) is 4.99. The van der Waals surface area contributed by atoms with Crippen LogP contribution in [0.15, 0.2) is 40.8 Å². The molecule has 0 saturated heterocycles. The van der Waals surface area contributed by atoms with Gasteiger partial charge in [0, 0.05) is 30.6 Å². The smallest absolute Gasteiger partial charge is 0.255 e. The van der Waals surface area contributed by atoms with Crippen LogP contribution >= 0.6 is 0 Å². The molecule has 0 bridgehead atoms. The Morgan fingerprint density at radius 2 is 1.97 bits per heavy atom. The molecule has 152 valence electrons. The second-order valence-corrected chi connectivity index (χ2v) is 7.73. The summed E-state index contributed by atoms with van der Waals surface area (Å²) in [5.41, 5.74) is 2.48. The highest BCUT2D eigenvalue weighted by Gasteiger charge is 2.25. The fraction of sp³-hybridized carbons (Fsp3) is 0.348.